The maximum Gasteiger partial charge on any atom is 0.295 e. The van der Waals surface area contributed by atoms with Crippen LogP contribution in [0.5, 0.6) is 5.75 Å². The quantitative estimate of drug-likeness (QED) is 0.222. The van der Waals surface area contributed by atoms with Crippen molar-refractivity contribution in [3.05, 3.63) is 97.9 Å². The molecule has 1 amide bonds. The van der Waals surface area contributed by atoms with Crippen molar-refractivity contribution in [2.24, 2.45) is 0 Å². The predicted molar refractivity (Wildman–Crippen MR) is 152 cm³/mol. The number of fused-ring (bicyclic) bond motifs is 3. The average Bonchev–Trinajstić information content (AvgIpc) is 3.33. The van der Waals surface area contributed by atoms with Crippen LogP contribution in [0.15, 0.2) is 64.9 Å². The van der Waals surface area contributed by atoms with E-state index in [2.05, 4.69) is 39.1 Å². The first-order chi connectivity index (χ1) is 18.5. The van der Waals surface area contributed by atoms with E-state index in [0.29, 0.717) is 42.6 Å². The molecule has 192 valence electrons. The van der Waals surface area contributed by atoms with Crippen molar-refractivity contribution in [1.29, 1.82) is 0 Å². The van der Waals surface area contributed by atoms with Gasteiger partial charge in [-0.2, -0.15) is 0 Å². The molecule has 0 radical (unpaired) electrons. The summed E-state index contributed by atoms with van der Waals surface area (Å²) in [5.41, 5.74) is 8.05. The molecular weight excluding hydrogens is 566 g/mol. The van der Waals surface area contributed by atoms with Crippen molar-refractivity contribution in [1.82, 2.24) is 14.9 Å². The number of halogens is 2. The van der Waals surface area contributed by atoms with Crippen LogP contribution in [-0.4, -0.2) is 46.8 Å². The van der Waals surface area contributed by atoms with E-state index >= 15 is 0 Å². The minimum Gasteiger partial charge on any atom is -0.496 e. The Hall–Kier alpha value is -3.42. The number of pyridine rings is 1. The molecule has 1 aliphatic heterocycles. The molecule has 0 unspecified atom stereocenters. The number of carbonyl (C=O) groups is 2. The third kappa shape index (κ3) is 4.24. The highest BCUT2D eigenvalue weighted by atomic mass is 79.9. The predicted octanol–water partition coefficient (Wildman–Crippen LogP) is 6.39. The van der Waals surface area contributed by atoms with Crippen LogP contribution in [0.1, 0.15) is 45.6 Å². The topological polar surface area (TPSA) is 75.3 Å². The Morgan fingerprint density at radius 3 is 2.63 bits per heavy atom. The van der Waals surface area contributed by atoms with E-state index in [1.165, 1.54) is 16.7 Å². The molecular formula is C30H25BrClN3O3. The van der Waals surface area contributed by atoms with Crippen LogP contribution in [0.25, 0.3) is 16.5 Å². The molecule has 1 saturated heterocycles. The SMILES string of the molecule is COc1ccc(Br)c2[nH]cc(C(=O)C(=O)N3CCC(=C4c5ccc(Cl)cc5CCc5cccnc54)CC3)c12. The van der Waals surface area contributed by atoms with Crippen molar-refractivity contribution in [2.45, 2.75) is 25.7 Å². The van der Waals surface area contributed by atoms with Gasteiger partial charge in [0.15, 0.2) is 0 Å². The number of aromatic amines is 1. The lowest BCUT2D eigenvalue weighted by atomic mass is 9.88. The fraction of sp³-hybridized carbons (Fsp3) is 0.233. The average molecular weight is 591 g/mol. The number of likely N-dealkylation sites (tertiary alicyclic amines) is 1. The number of amides is 1. The number of aryl methyl sites for hydroxylation is 2. The number of hydrogen-bond acceptors (Lipinski definition) is 4. The Bertz CT molecular complexity index is 1630. The number of carbonyl (C=O) groups excluding carboxylic acids is 2. The molecule has 2 aromatic heterocycles. The van der Waals surface area contributed by atoms with E-state index in [1.807, 2.05) is 24.4 Å². The fourth-order valence-electron chi connectivity index (χ4n) is 5.65. The van der Waals surface area contributed by atoms with Crippen molar-refractivity contribution in [3.8, 4) is 5.75 Å². The Balaban J connectivity index is 1.31. The number of ether oxygens (including phenoxy) is 1. The van der Waals surface area contributed by atoms with Gasteiger partial charge >= 0.3 is 0 Å². The monoisotopic (exact) mass is 589 g/mol. The van der Waals surface area contributed by atoms with Crippen molar-refractivity contribution >= 4 is 55.7 Å². The molecule has 0 atom stereocenters. The second kappa shape index (κ2) is 10.0. The molecule has 1 aliphatic carbocycles. The van der Waals surface area contributed by atoms with E-state index in [-0.39, 0.29) is 0 Å². The first-order valence-electron chi connectivity index (χ1n) is 12.6. The smallest absolute Gasteiger partial charge is 0.295 e. The minimum absolute atomic E-state index is 0.319. The van der Waals surface area contributed by atoms with Crippen LogP contribution in [0.4, 0.5) is 0 Å². The summed E-state index contributed by atoms with van der Waals surface area (Å²) in [5, 5.41) is 1.34. The molecule has 0 saturated carbocycles. The van der Waals surface area contributed by atoms with Gasteiger partial charge in [0, 0.05) is 40.6 Å². The fourth-order valence-corrected chi connectivity index (χ4v) is 6.29. The van der Waals surface area contributed by atoms with Gasteiger partial charge in [0.25, 0.3) is 11.7 Å². The number of ketones is 1. The van der Waals surface area contributed by atoms with Gasteiger partial charge in [0.1, 0.15) is 5.75 Å². The zero-order chi connectivity index (χ0) is 26.4. The number of rotatable bonds is 3. The number of H-pyrrole nitrogens is 1. The summed E-state index contributed by atoms with van der Waals surface area (Å²) < 4.78 is 6.27. The Morgan fingerprint density at radius 1 is 1.05 bits per heavy atom. The molecule has 0 bridgehead atoms. The number of nitrogens with one attached hydrogen (secondary N) is 1. The van der Waals surface area contributed by atoms with E-state index < -0.39 is 11.7 Å². The molecule has 2 aromatic carbocycles. The maximum absolute atomic E-state index is 13.4. The third-order valence-corrected chi connectivity index (χ3v) is 8.44. The summed E-state index contributed by atoms with van der Waals surface area (Å²) in [6.45, 7) is 0.940. The number of Topliss-reactive ketones (excluding diaryl/α,β-unsaturated/α-hetero) is 1. The summed E-state index contributed by atoms with van der Waals surface area (Å²) in [6.07, 6.45) is 6.58. The van der Waals surface area contributed by atoms with Crippen molar-refractivity contribution < 1.29 is 14.3 Å². The number of hydrogen-bond donors (Lipinski definition) is 1. The molecule has 6 rings (SSSR count). The summed E-state index contributed by atoms with van der Waals surface area (Å²) in [7, 11) is 1.55. The van der Waals surface area contributed by atoms with Gasteiger partial charge in [0.05, 0.1) is 29.3 Å². The minimum atomic E-state index is -0.537. The van der Waals surface area contributed by atoms with E-state index in [9.17, 15) is 9.59 Å². The van der Waals surface area contributed by atoms with Gasteiger partial charge in [-0.3, -0.25) is 14.6 Å². The van der Waals surface area contributed by atoms with Crippen molar-refractivity contribution in [2.75, 3.05) is 20.2 Å². The lowest BCUT2D eigenvalue weighted by Gasteiger charge is -2.30. The molecule has 1 N–H and O–H groups in total. The van der Waals surface area contributed by atoms with E-state index in [1.54, 1.807) is 24.3 Å². The number of nitrogens with zero attached hydrogens (tertiary/aromatic N) is 2. The van der Waals surface area contributed by atoms with Crippen LogP contribution in [0.2, 0.25) is 5.02 Å². The molecule has 8 heteroatoms. The maximum atomic E-state index is 13.4. The largest absolute Gasteiger partial charge is 0.496 e. The zero-order valence-corrected chi connectivity index (χ0v) is 23.2. The number of benzene rings is 2. The standard InChI is InChI=1S/C30H25BrClN3O3/c1-38-24-9-8-23(31)28-26(24)22(16-34-28)29(36)30(37)35-13-10-17(11-14-35)25-21-7-6-20(32)15-19(21)5-4-18-3-2-12-33-27(18)25/h2-3,6-9,12,15-16,34H,4-5,10-11,13-14H2,1H3. The lowest BCUT2D eigenvalue weighted by molar-refractivity contribution is -0.126. The van der Waals surface area contributed by atoms with Crippen LogP contribution >= 0.6 is 27.5 Å². The number of methoxy groups -OCH3 is 1. The van der Waals surface area contributed by atoms with Gasteiger partial charge < -0.3 is 14.6 Å². The first-order valence-corrected chi connectivity index (χ1v) is 13.8. The van der Waals surface area contributed by atoms with Crippen LogP contribution < -0.4 is 4.74 Å². The van der Waals surface area contributed by atoms with Crippen LogP contribution in [0, 0.1) is 0 Å². The Morgan fingerprint density at radius 2 is 1.84 bits per heavy atom. The first kappa shape index (κ1) is 24.9. The zero-order valence-electron chi connectivity index (χ0n) is 20.8. The third-order valence-electron chi connectivity index (χ3n) is 7.54. The Kier molecular flexibility index (Phi) is 6.58. The molecule has 6 nitrogen and oxygen atoms in total. The van der Waals surface area contributed by atoms with Crippen molar-refractivity contribution in [3.63, 3.8) is 0 Å². The lowest BCUT2D eigenvalue weighted by Crippen LogP contribution is -2.40. The van der Waals surface area contributed by atoms with Gasteiger partial charge in [0.2, 0.25) is 0 Å². The summed E-state index contributed by atoms with van der Waals surface area (Å²) in [5.74, 6) is -0.488. The highest BCUT2D eigenvalue weighted by Crippen LogP contribution is 2.39. The highest BCUT2D eigenvalue weighted by molar-refractivity contribution is 9.10. The molecule has 1 fully saturated rings. The second-order valence-electron chi connectivity index (χ2n) is 9.61. The Labute approximate surface area is 233 Å². The molecule has 4 aromatic rings. The van der Waals surface area contributed by atoms with Gasteiger partial charge in [-0.05, 0) is 88.6 Å². The van der Waals surface area contributed by atoms with Gasteiger partial charge in [-0.25, -0.2) is 0 Å². The second-order valence-corrected chi connectivity index (χ2v) is 10.9. The normalized spacial score (nSPS) is 15.2. The summed E-state index contributed by atoms with van der Waals surface area (Å²) in [6, 6.07) is 13.8. The van der Waals surface area contributed by atoms with E-state index in [4.69, 9.17) is 21.3 Å². The number of aromatic nitrogens is 2. The summed E-state index contributed by atoms with van der Waals surface area (Å²) >= 11 is 9.85. The van der Waals surface area contributed by atoms with Gasteiger partial charge in [-0.1, -0.05) is 29.3 Å². The molecule has 0 spiro atoms. The van der Waals surface area contributed by atoms with Gasteiger partial charge in [-0.15, -0.1) is 0 Å². The molecule has 2 aliphatic rings. The van der Waals surface area contributed by atoms with Crippen LogP contribution in [0.3, 0.4) is 0 Å². The van der Waals surface area contributed by atoms with Crippen LogP contribution in [-0.2, 0) is 17.6 Å². The van der Waals surface area contributed by atoms with E-state index in [0.717, 1.165) is 44.7 Å². The molecule has 3 heterocycles. The highest BCUT2D eigenvalue weighted by Gasteiger charge is 2.31. The summed E-state index contributed by atoms with van der Waals surface area (Å²) in [4.78, 5) is 36.3. The molecule has 38 heavy (non-hydrogen) atoms. The number of piperidine rings is 1.